The summed E-state index contributed by atoms with van der Waals surface area (Å²) in [5, 5.41) is 0. The summed E-state index contributed by atoms with van der Waals surface area (Å²) in [6.07, 6.45) is 6.94. The zero-order valence-corrected chi connectivity index (χ0v) is 20.7. The highest BCUT2D eigenvalue weighted by molar-refractivity contribution is 5.93. The minimum absolute atomic E-state index is 0.183. The van der Waals surface area contributed by atoms with Gasteiger partial charge in [0.05, 0.1) is 20.8 Å². The number of benzene rings is 1. The Hall–Kier alpha value is -3.91. The van der Waals surface area contributed by atoms with Crippen LogP contribution >= 0.6 is 0 Å². The van der Waals surface area contributed by atoms with Gasteiger partial charge in [-0.1, -0.05) is 36.4 Å². The minimum Gasteiger partial charge on any atom is -0.496 e. The maximum Gasteiger partial charge on any atom is 0.343 e. The molecule has 0 saturated heterocycles. The lowest BCUT2D eigenvalue weighted by Gasteiger charge is -2.17. The van der Waals surface area contributed by atoms with Crippen molar-refractivity contribution in [3.63, 3.8) is 0 Å². The fourth-order valence-electron chi connectivity index (χ4n) is 4.36. The molecule has 0 bridgehead atoms. The normalized spacial score (nSPS) is 13.7. The zero-order valence-electron chi connectivity index (χ0n) is 20.7. The Morgan fingerprint density at radius 2 is 1.89 bits per heavy atom. The summed E-state index contributed by atoms with van der Waals surface area (Å²) < 4.78 is 18.1. The number of hydrogen-bond acceptors (Lipinski definition) is 7. The van der Waals surface area contributed by atoms with E-state index >= 15 is 0 Å². The van der Waals surface area contributed by atoms with Gasteiger partial charge in [0, 0.05) is 68.2 Å². The first kappa shape index (κ1) is 25.2. The highest BCUT2D eigenvalue weighted by Crippen LogP contribution is 2.24. The van der Waals surface area contributed by atoms with E-state index in [0.717, 1.165) is 17.0 Å². The van der Waals surface area contributed by atoms with E-state index in [1.165, 1.54) is 13.2 Å². The Labute approximate surface area is 210 Å². The lowest BCUT2D eigenvalue weighted by molar-refractivity contribution is 0.0593. The molecule has 1 aliphatic rings. The Morgan fingerprint density at radius 3 is 2.67 bits per heavy atom. The molecular formula is C28H31N3O5. The van der Waals surface area contributed by atoms with Crippen molar-refractivity contribution in [1.29, 1.82) is 0 Å². The Kier molecular flexibility index (Phi) is 8.52. The van der Waals surface area contributed by atoms with Crippen molar-refractivity contribution in [2.45, 2.75) is 19.4 Å². The molecular weight excluding hydrogens is 458 g/mol. The van der Waals surface area contributed by atoms with Crippen LogP contribution in [0.4, 0.5) is 0 Å². The van der Waals surface area contributed by atoms with Gasteiger partial charge in [0.1, 0.15) is 17.1 Å². The maximum absolute atomic E-state index is 13.0. The SMILES string of the molecule is COC(=O)c1c(OCCc2ccccn2)cc(=O)n2c1CCN(C/C=C/c1ccccc1OC)CC2. The number of para-hydroxylation sites is 1. The number of fused-ring (bicyclic) bond motifs is 1. The van der Waals surface area contributed by atoms with Crippen LogP contribution in [0.15, 0.2) is 65.6 Å². The Balaban J connectivity index is 1.49. The molecule has 3 aromatic rings. The van der Waals surface area contributed by atoms with E-state index in [1.54, 1.807) is 17.9 Å². The van der Waals surface area contributed by atoms with Crippen molar-refractivity contribution in [3.8, 4) is 11.5 Å². The van der Waals surface area contributed by atoms with Gasteiger partial charge in [-0.15, -0.1) is 0 Å². The van der Waals surface area contributed by atoms with Crippen LogP contribution in [0.25, 0.3) is 6.08 Å². The predicted molar refractivity (Wildman–Crippen MR) is 138 cm³/mol. The third-order valence-corrected chi connectivity index (χ3v) is 6.22. The molecule has 0 N–H and O–H groups in total. The van der Waals surface area contributed by atoms with Gasteiger partial charge in [0.25, 0.3) is 5.56 Å². The first-order valence-electron chi connectivity index (χ1n) is 12.0. The Morgan fingerprint density at radius 1 is 1.06 bits per heavy atom. The van der Waals surface area contributed by atoms with Crippen molar-refractivity contribution in [3.05, 3.63) is 93.7 Å². The number of rotatable bonds is 9. The second-order valence-electron chi connectivity index (χ2n) is 8.43. The first-order chi connectivity index (χ1) is 17.6. The molecule has 0 aliphatic carbocycles. The van der Waals surface area contributed by atoms with Crippen molar-refractivity contribution >= 4 is 12.0 Å². The van der Waals surface area contributed by atoms with E-state index in [2.05, 4.69) is 16.0 Å². The molecule has 2 aromatic heterocycles. The number of carbonyl (C=O) groups is 1. The minimum atomic E-state index is -0.504. The van der Waals surface area contributed by atoms with Crippen LogP contribution in [0.3, 0.4) is 0 Å². The molecule has 3 heterocycles. The number of esters is 1. The molecule has 0 saturated carbocycles. The van der Waals surface area contributed by atoms with Crippen molar-refractivity contribution in [2.75, 3.05) is 40.5 Å². The van der Waals surface area contributed by atoms with Gasteiger partial charge in [0.2, 0.25) is 0 Å². The summed E-state index contributed by atoms with van der Waals surface area (Å²) in [6.45, 7) is 2.86. The summed E-state index contributed by atoms with van der Waals surface area (Å²) in [4.78, 5) is 32.3. The predicted octanol–water partition coefficient (Wildman–Crippen LogP) is 3.23. The second-order valence-corrected chi connectivity index (χ2v) is 8.43. The van der Waals surface area contributed by atoms with Crippen LogP contribution in [0.5, 0.6) is 11.5 Å². The zero-order chi connectivity index (χ0) is 25.3. The molecule has 0 spiro atoms. The number of nitrogens with zero attached hydrogens (tertiary/aromatic N) is 3. The van der Waals surface area contributed by atoms with Gasteiger partial charge in [-0.25, -0.2) is 4.79 Å². The standard InChI is InChI=1S/C28H31N3O5/c1-34-24-11-4-3-8-21(24)9-7-15-30-16-12-23-27(28(33)35-2)25(20-26(32)31(23)18-17-30)36-19-13-22-10-5-6-14-29-22/h3-11,14,20H,12-13,15-19H2,1-2H3/b9-7+. The molecule has 0 amide bonds. The molecule has 0 unspecified atom stereocenters. The lowest BCUT2D eigenvalue weighted by atomic mass is 10.1. The number of ether oxygens (including phenoxy) is 3. The Bertz CT molecular complexity index is 1270. The van der Waals surface area contributed by atoms with Crippen LogP contribution in [-0.4, -0.2) is 60.9 Å². The molecule has 4 rings (SSSR count). The number of carbonyl (C=O) groups excluding carboxylic acids is 1. The molecule has 8 heteroatoms. The van der Waals surface area contributed by atoms with Crippen LogP contribution < -0.4 is 15.0 Å². The molecule has 188 valence electrons. The van der Waals surface area contributed by atoms with E-state index in [9.17, 15) is 9.59 Å². The highest BCUT2D eigenvalue weighted by atomic mass is 16.5. The molecule has 1 aliphatic heterocycles. The number of methoxy groups -OCH3 is 2. The third-order valence-electron chi connectivity index (χ3n) is 6.22. The summed E-state index contributed by atoms with van der Waals surface area (Å²) >= 11 is 0. The number of hydrogen-bond donors (Lipinski definition) is 0. The van der Waals surface area contributed by atoms with Gasteiger partial charge in [-0.3, -0.25) is 14.7 Å². The third kappa shape index (κ3) is 6.01. The summed E-state index contributed by atoms with van der Waals surface area (Å²) in [6, 6.07) is 14.9. The maximum atomic E-state index is 13.0. The summed E-state index contributed by atoms with van der Waals surface area (Å²) in [5.74, 6) is 0.580. The lowest BCUT2D eigenvalue weighted by Crippen LogP contribution is -2.29. The topological polar surface area (TPSA) is 82.9 Å². The second kappa shape index (κ2) is 12.2. The van der Waals surface area contributed by atoms with E-state index in [0.29, 0.717) is 56.9 Å². The highest BCUT2D eigenvalue weighted by Gasteiger charge is 2.26. The quantitative estimate of drug-likeness (QED) is 0.427. The first-order valence-corrected chi connectivity index (χ1v) is 12.0. The number of aromatic nitrogens is 2. The molecule has 0 fully saturated rings. The van der Waals surface area contributed by atoms with E-state index in [4.69, 9.17) is 14.2 Å². The van der Waals surface area contributed by atoms with Gasteiger partial charge in [0.15, 0.2) is 0 Å². The number of pyridine rings is 2. The summed E-state index contributed by atoms with van der Waals surface area (Å²) in [7, 11) is 3.00. The molecule has 1 aromatic carbocycles. The molecule has 0 radical (unpaired) electrons. The van der Waals surface area contributed by atoms with E-state index < -0.39 is 5.97 Å². The van der Waals surface area contributed by atoms with Crippen LogP contribution in [0, 0.1) is 0 Å². The van der Waals surface area contributed by atoms with Crippen molar-refractivity contribution in [2.24, 2.45) is 0 Å². The average molecular weight is 490 g/mol. The smallest absolute Gasteiger partial charge is 0.343 e. The average Bonchev–Trinajstić information content (AvgIpc) is 3.12. The molecule has 36 heavy (non-hydrogen) atoms. The van der Waals surface area contributed by atoms with Gasteiger partial charge >= 0.3 is 5.97 Å². The molecule has 8 nitrogen and oxygen atoms in total. The van der Waals surface area contributed by atoms with Gasteiger partial charge in [-0.2, -0.15) is 0 Å². The van der Waals surface area contributed by atoms with E-state index in [1.807, 2.05) is 48.5 Å². The van der Waals surface area contributed by atoms with Gasteiger partial charge < -0.3 is 18.8 Å². The largest absolute Gasteiger partial charge is 0.496 e. The van der Waals surface area contributed by atoms with Crippen molar-refractivity contribution < 1.29 is 19.0 Å². The van der Waals surface area contributed by atoms with Gasteiger partial charge in [-0.05, 0) is 18.2 Å². The van der Waals surface area contributed by atoms with Crippen LogP contribution in [0.1, 0.15) is 27.3 Å². The van der Waals surface area contributed by atoms with E-state index in [-0.39, 0.29) is 11.3 Å². The van der Waals surface area contributed by atoms with Crippen molar-refractivity contribution in [1.82, 2.24) is 14.5 Å². The van der Waals surface area contributed by atoms with Crippen LogP contribution in [0.2, 0.25) is 0 Å². The molecule has 0 atom stereocenters. The monoisotopic (exact) mass is 489 g/mol. The fraction of sp³-hybridized carbons (Fsp3) is 0.321. The fourth-order valence-corrected chi connectivity index (χ4v) is 4.36. The summed E-state index contributed by atoms with van der Waals surface area (Å²) in [5.41, 5.74) is 2.68. The van der Waals surface area contributed by atoms with Crippen LogP contribution in [-0.2, 0) is 24.1 Å².